The zero-order valence-corrected chi connectivity index (χ0v) is 19.9. The molecule has 0 saturated carbocycles. The molecule has 0 bridgehead atoms. The largest absolute Gasteiger partial charge is 0.503 e. The van der Waals surface area contributed by atoms with Crippen LogP contribution in [0.4, 0.5) is 8.78 Å². The second-order valence-electron chi connectivity index (χ2n) is 9.20. The van der Waals surface area contributed by atoms with E-state index in [0.717, 1.165) is 6.07 Å². The average Bonchev–Trinajstić information content (AvgIpc) is 3.00. The lowest BCUT2D eigenvalue weighted by atomic mass is 10.1. The first kappa shape index (κ1) is 24.2. The van der Waals surface area contributed by atoms with Crippen LogP contribution in [-0.2, 0) is 13.1 Å². The zero-order valence-electron chi connectivity index (χ0n) is 19.0. The third-order valence-corrected chi connectivity index (χ3v) is 6.86. The molecule has 3 heterocycles. The Balaban J connectivity index is 1.67. The Morgan fingerprint density at radius 1 is 1.32 bits per heavy atom. The van der Waals surface area contributed by atoms with E-state index in [1.54, 1.807) is 0 Å². The van der Waals surface area contributed by atoms with Crippen molar-refractivity contribution in [3.8, 4) is 5.75 Å². The highest BCUT2D eigenvalue weighted by Crippen LogP contribution is 2.41. The number of rotatable bonds is 5. The van der Waals surface area contributed by atoms with Gasteiger partial charge in [0.15, 0.2) is 16.4 Å². The number of amides is 2. The molecular formula is C23H26F2N4O4S. The fraction of sp³-hybridized carbons (Fsp3) is 0.435. The van der Waals surface area contributed by atoms with Crippen molar-refractivity contribution in [3.63, 3.8) is 0 Å². The SMILES string of the molecule is CC(C)CN1[C@@H](C)CN2C(=O)c3c(O)c(=O)c(C(=O)NCc4ccc(F)cc4F)cn3CC21S. The van der Waals surface area contributed by atoms with Crippen LogP contribution in [0, 0.1) is 17.6 Å². The van der Waals surface area contributed by atoms with E-state index in [9.17, 15) is 28.3 Å². The molecule has 2 aliphatic heterocycles. The van der Waals surface area contributed by atoms with Crippen LogP contribution in [0.3, 0.4) is 0 Å². The number of aromatic hydroxyl groups is 1. The maximum absolute atomic E-state index is 13.9. The molecule has 0 spiro atoms. The predicted octanol–water partition coefficient (Wildman–Crippen LogP) is 2.16. The van der Waals surface area contributed by atoms with Crippen molar-refractivity contribution >= 4 is 24.4 Å². The number of fused-ring (bicyclic) bond motifs is 2. The molecule has 182 valence electrons. The minimum Gasteiger partial charge on any atom is -0.503 e. The number of thiol groups is 1. The van der Waals surface area contributed by atoms with Crippen LogP contribution in [0.2, 0.25) is 0 Å². The van der Waals surface area contributed by atoms with Gasteiger partial charge >= 0.3 is 0 Å². The van der Waals surface area contributed by atoms with E-state index in [1.165, 1.54) is 21.7 Å². The molecule has 1 fully saturated rings. The van der Waals surface area contributed by atoms with Gasteiger partial charge in [-0.3, -0.25) is 19.3 Å². The van der Waals surface area contributed by atoms with E-state index < -0.39 is 45.2 Å². The third-order valence-electron chi connectivity index (χ3n) is 6.22. The first-order chi connectivity index (χ1) is 15.9. The third kappa shape index (κ3) is 3.96. The molecule has 1 aromatic carbocycles. The normalized spacial score (nSPS) is 22.1. The summed E-state index contributed by atoms with van der Waals surface area (Å²) in [6, 6.07) is 2.93. The molecule has 0 radical (unpaired) electrons. The maximum atomic E-state index is 13.9. The van der Waals surface area contributed by atoms with Crippen LogP contribution in [-0.4, -0.2) is 55.4 Å². The van der Waals surface area contributed by atoms with Crippen LogP contribution in [0.25, 0.3) is 0 Å². The first-order valence-electron chi connectivity index (χ1n) is 10.9. The first-order valence-corrected chi connectivity index (χ1v) is 11.4. The molecule has 1 unspecified atom stereocenters. The van der Waals surface area contributed by atoms with Crippen LogP contribution in [0.15, 0.2) is 29.2 Å². The number of halogens is 2. The van der Waals surface area contributed by atoms with Crippen LogP contribution in [0.5, 0.6) is 5.75 Å². The number of carbonyl (C=O) groups is 2. The molecule has 1 aromatic heterocycles. The van der Waals surface area contributed by atoms with Crippen LogP contribution >= 0.6 is 12.6 Å². The maximum Gasteiger partial charge on any atom is 0.276 e. The quantitative estimate of drug-likeness (QED) is 0.557. The molecule has 2 aliphatic rings. The van der Waals surface area contributed by atoms with Crippen molar-refractivity contribution in [1.82, 2.24) is 19.7 Å². The number of carbonyl (C=O) groups excluding carboxylic acids is 2. The van der Waals surface area contributed by atoms with Gasteiger partial charge < -0.3 is 19.9 Å². The van der Waals surface area contributed by atoms with E-state index >= 15 is 0 Å². The number of hydrogen-bond acceptors (Lipinski definition) is 6. The van der Waals surface area contributed by atoms with Gasteiger partial charge in [0.05, 0.1) is 6.54 Å². The highest BCUT2D eigenvalue weighted by Gasteiger charge is 2.54. The Hall–Kier alpha value is -2.92. The fourth-order valence-corrected chi connectivity index (χ4v) is 5.21. The number of nitrogens with zero attached hydrogens (tertiary/aromatic N) is 3. The lowest BCUT2D eigenvalue weighted by molar-refractivity contribution is 0.0337. The summed E-state index contributed by atoms with van der Waals surface area (Å²) in [6.07, 6.45) is 1.22. The summed E-state index contributed by atoms with van der Waals surface area (Å²) in [5.41, 5.74) is -1.58. The highest BCUT2D eigenvalue weighted by atomic mass is 32.1. The van der Waals surface area contributed by atoms with Crippen molar-refractivity contribution < 1.29 is 23.5 Å². The molecule has 1 saturated heterocycles. The monoisotopic (exact) mass is 492 g/mol. The summed E-state index contributed by atoms with van der Waals surface area (Å²) in [5, 5.41) is 13.0. The van der Waals surface area contributed by atoms with Crippen molar-refractivity contribution in [2.24, 2.45) is 5.92 Å². The zero-order chi connectivity index (χ0) is 24.9. The van der Waals surface area contributed by atoms with Gasteiger partial charge in [-0.15, -0.1) is 12.6 Å². The summed E-state index contributed by atoms with van der Waals surface area (Å²) < 4.78 is 28.4. The lowest BCUT2D eigenvalue weighted by Gasteiger charge is -2.45. The summed E-state index contributed by atoms with van der Waals surface area (Å²) in [5.74, 6) is -3.52. The average molecular weight is 493 g/mol. The molecule has 2 N–H and O–H groups in total. The summed E-state index contributed by atoms with van der Waals surface area (Å²) >= 11 is 4.85. The van der Waals surface area contributed by atoms with Gasteiger partial charge in [-0.05, 0) is 18.9 Å². The molecule has 34 heavy (non-hydrogen) atoms. The molecule has 11 heteroatoms. The van der Waals surface area contributed by atoms with Crippen LogP contribution < -0.4 is 10.7 Å². The van der Waals surface area contributed by atoms with Gasteiger partial charge in [0.25, 0.3) is 11.8 Å². The molecule has 8 nitrogen and oxygen atoms in total. The Morgan fingerprint density at radius 2 is 2.03 bits per heavy atom. The van der Waals surface area contributed by atoms with Gasteiger partial charge in [-0.1, -0.05) is 19.9 Å². The van der Waals surface area contributed by atoms with Gasteiger partial charge in [-0.25, -0.2) is 8.78 Å². The van der Waals surface area contributed by atoms with Gasteiger partial charge in [0, 0.05) is 43.5 Å². The van der Waals surface area contributed by atoms with Crippen LogP contribution in [0.1, 0.15) is 47.2 Å². The van der Waals surface area contributed by atoms with E-state index in [0.29, 0.717) is 25.1 Å². The smallest absolute Gasteiger partial charge is 0.276 e. The van der Waals surface area contributed by atoms with Crippen molar-refractivity contribution in [2.75, 3.05) is 13.1 Å². The summed E-state index contributed by atoms with van der Waals surface area (Å²) in [7, 11) is 0. The summed E-state index contributed by atoms with van der Waals surface area (Å²) in [4.78, 5) is 41.4. The number of pyridine rings is 1. The number of benzene rings is 1. The van der Waals surface area contributed by atoms with Crippen molar-refractivity contribution in [1.29, 1.82) is 0 Å². The minimum absolute atomic E-state index is 0.000927. The topological polar surface area (TPSA) is 94.9 Å². The number of nitrogens with one attached hydrogen (secondary N) is 1. The lowest BCUT2D eigenvalue weighted by Crippen LogP contribution is -2.59. The second-order valence-corrected chi connectivity index (χ2v) is 9.92. The molecule has 4 rings (SSSR count). The second kappa shape index (κ2) is 8.70. The standard InChI is InChI=1S/C23H26F2N4O4S/c1-12(2)8-28-13(3)9-29-22(33)18-20(31)19(30)16(10-27(18)11-23(28,29)34)21(32)26-7-14-4-5-15(24)6-17(14)25/h4-6,10,12-13,31,34H,7-9,11H2,1-3H3,(H,26,32)/t13-,23?/m0/s1. The Labute approximate surface area is 200 Å². The van der Waals surface area contributed by atoms with Crippen molar-refractivity contribution in [2.45, 2.75) is 44.9 Å². The van der Waals surface area contributed by atoms with Gasteiger partial charge in [0.1, 0.15) is 17.2 Å². The highest BCUT2D eigenvalue weighted by molar-refractivity contribution is 7.81. The fourth-order valence-electron chi connectivity index (χ4n) is 4.61. The van der Waals surface area contributed by atoms with Gasteiger partial charge in [0.2, 0.25) is 5.43 Å². The Bertz CT molecular complexity index is 1230. The molecule has 2 aromatic rings. The molecule has 2 amide bonds. The Morgan fingerprint density at radius 3 is 2.68 bits per heavy atom. The molecule has 0 aliphatic carbocycles. The van der Waals surface area contributed by atoms with E-state index in [4.69, 9.17) is 12.6 Å². The van der Waals surface area contributed by atoms with E-state index in [2.05, 4.69) is 24.1 Å². The van der Waals surface area contributed by atoms with Gasteiger partial charge in [-0.2, -0.15) is 0 Å². The Kier molecular flexibility index (Phi) is 6.19. The molecular weight excluding hydrogens is 466 g/mol. The summed E-state index contributed by atoms with van der Waals surface area (Å²) in [6.45, 7) is 6.97. The minimum atomic E-state index is -1.00. The molecule has 2 atom stereocenters. The predicted molar refractivity (Wildman–Crippen MR) is 124 cm³/mol. The van der Waals surface area contributed by atoms with E-state index in [1.807, 2.05) is 6.92 Å². The number of aromatic nitrogens is 1. The van der Waals surface area contributed by atoms with E-state index in [-0.39, 0.29) is 30.4 Å². The number of hydrogen-bond donors (Lipinski definition) is 3. The van der Waals surface area contributed by atoms with Crippen molar-refractivity contribution in [3.05, 3.63) is 63.1 Å².